The van der Waals surface area contributed by atoms with Crippen LogP contribution in [0.2, 0.25) is 0 Å². The zero-order chi connectivity index (χ0) is 19.8. The van der Waals surface area contributed by atoms with Crippen LogP contribution in [-0.4, -0.2) is 62.8 Å². The topological polar surface area (TPSA) is 62.2 Å². The average Bonchev–Trinajstić information content (AvgIpc) is 2.77. The molecule has 1 aliphatic heterocycles. The number of nitrogens with one attached hydrogen (secondary N) is 1. The van der Waals surface area contributed by atoms with E-state index in [0.717, 1.165) is 50.1 Å². The van der Waals surface area contributed by atoms with E-state index in [0.29, 0.717) is 12.4 Å². The van der Waals surface area contributed by atoms with E-state index in [1.165, 1.54) is 5.69 Å². The lowest BCUT2D eigenvalue weighted by molar-refractivity contribution is 0.371. The molecule has 8 heteroatoms. The van der Waals surface area contributed by atoms with Crippen LogP contribution in [0.25, 0.3) is 0 Å². The lowest BCUT2D eigenvalue weighted by Crippen LogP contribution is -2.52. The van der Waals surface area contributed by atoms with E-state index in [-0.39, 0.29) is 24.0 Å². The quantitative estimate of drug-likeness (QED) is 0.366. The Hall–Kier alpha value is -2.23. The van der Waals surface area contributed by atoms with Gasteiger partial charge in [0.2, 0.25) is 5.88 Å². The Kier molecular flexibility index (Phi) is 9.30. The molecule has 2 aromatic rings. The van der Waals surface area contributed by atoms with Gasteiger partial charge in [-0.2, -0.15) is 0 Å². The summed E-state index contributed by atoms with van der Waals surface area (Å²) in [6, 6.07) is 14.0. The van der Waals surface area contributed by atoms with E-state index in [1.54, 1.807) is 14.2 Å². The summed E-state index contributed by atoms with van der Waals surface area (Å²) in [5, 5.41) is 3.40. The molecular weight excluding hydrogens is 481 g/mol. The number of aromatic nitrogens is 1. The van der Waals surface area contributed by atoms with E-state index in [4.69, 9.17) is 14.5 Å². The number of aliphatic imine (C=N–C) groups is 1. The molecule has 158 valence electrons. The first-order chi connectivity index (χ1) is 13.7. The van der Waals surface area contributed by atoms with E-state index in [1.807, 2.05) is 30.3 Å². The third-order valence-corrected chi connectivity index (χ3v) is 4.71. The molecule has 0 amide bonds. The van der Waals surface area contributed by atoms with Gasteiger partial charge in [0.25, 0.3) is 0 Å². The van der Waals surface area contributed by atoms with Crippen LogP contribution in [0.5, 0.6) is 11.6 Å². The van der Waals surface area contributed by atoms with Crippen LogP contribution >= 0.6 is 24.0 Å². The molecule has 7 nitrogen and oxygen atoms in total. The summed E-state index contributed by atoms with van der Waals surface area (Å²) in [6.07, 6.45) is 0. The summed E-state index contributed by atoms with van der Waals surface area (Å²) in [5.41, 5.74) is 2.09. The summed E-state index contributed by atoms with van der Waals surface area (Å²) in [6.45, 7) is 7.15. The molecule has 3 rings (SSSR count). The zero-order valence-corrected chi connectivity index (χ0v) is 19.6. The first-order valence-electron chi connectivity index (χ1n) is 9.65. The third-order valence-electron chi connectivity index (χ3n) is 4.71. The molecule has 1 saturated heterocycles. The van der Waals surface area contributed by atoms with Crippen molar-refractivity contribution in [2.24, 2.45) is 4.99 Å². The van der Waals surface area contributed by atoms with E-state index in [9.17, 15) is 0 Å². The van der Waals surface area contributed by atoms with E-state index >= 15 is 0 Å². The van der Waals surface area contributed by atoms with Crippen LogP contribution in [0.1, 0.15) is 12.6 Å². The minimum Gasteiger partial charge on any atom is -0.497 e. The Bertz CT molecular complexity index is 794. The number of anilines is 1. The van der Waals surface area contributed by atoms with Crippen molar-refractivity contribution in [1.82, 2.24) is 15.2 Å². The lowest BCUT2D eigenvalue weighted by atomic mass is 10.2. The van der Waals surface area contributed by atoms with Crippen molar-refractivity contribution in [2.45, 2.75) is 13.5 Å². The van der Waals surface area contributed by atoms with Crippen molar-refractivity contribution in [3.05, 3.63) is 48.2 Å². The van der Waals surface area contributed by atoms with Crippen molar-refractivity contribution in [3.8, 4) is 11.6 Å². The highest BCUT2D eigenvalue weighted by molar-refractivity contribution is 14.0. The minimum absolute atomic E-state index is 0. The van der Waals surface area contributed by atoms with Gasteiger partial charge in [0.1, 0.15) is 5.75 Å². The number of nitrogens with zero attached hydrogens (tertiary/aromatic N) is 4. The number of hydrogen-bond donors (Lipinski definition) is 1. The van der Waals surface area contributed by atoms with E-state index in [2.05, 4.69) is 39.2 Å². The van der Waals surface area contributed by atoms with Crippen LogP contribution in [0.15, 0.2) is 47.5 Å². The summed E-state index contributed by atoms with van der Waals surface area (Å²) >= 11 is 0. The molecule has 1 N–H and O–H groups in total. The largest absolute Gasteiger partial charge is 0.497 e. The molecule has 29 heavy (non-hydrogen) atoms. The van der Waals surface area contributed by atoms with Gasteiger partial charge in [-0.3, -0.25) is 0 Å². The summed E-state index contributed by atoms with van der Waals surface area (Å²) in [5.74, 6) is 2.43. The second kappa shape index (κ2) is 11.7. The fourth-order valence-corrected chi connectivity index (χ4v) is 3.22. The summed E-state index contributed by atoms with van der Waals surface area (Å²) < 4.78 is 10.5. The Morgan fingerprint density at radius 2 is 1.83 bits per heavy atom. The maximum Gasteiger partial charge on any atom is 0.213 e. The van der Waals surface area contributed by atoms with Gasteiger partial charge >= 0.3 is 0 Å². The molecular formula is C21H30IN5O2. The second-order valence-corrected chi connectivity index (χ2v) is 6.52. The Labute approximate surface area is 190 Å². The molecule has 0 spiro atoms. The molecule has 0 radical (unpaired) electrons. The summed E-state index contributed by atoms with van der Waals surface area (Å²) in [4.78, 5) is 13.9. The maximum atomic E-state index is 5.35. The predicted molar refractivity (Wildman–Crippen MR) is 128 cm³/mol. The van der Waals surface area contributed by atoms with Gasteiger partial charge in [-0.05, 0) is 25.1 Å². The average molecular weight is 511 g/mol. The molecule has 1 aromatic heterocycles. The molecule has 0 unspecified atom stereocenters. The molecule has 0 atom stereocenters. The van der Waals surface area contributed by atoms with Gasteiger partial charge in [-0.15, -0.1) is 24.0 Å². The highest BCUT2D eigenvalue weighted by Crippen LogP contribution is 2.22. The Balaban J connectivity index is 0.00000300. The lowest BCUT2D eigenvalue weighted by Gasteiger charge is -2.37. The molecule has 0 bridgehead atoms. The highest BCUT2D eigenvalue weighted by Gasteiger charge is 2.20. The third kappa shape index (κ3) is 6.38. The summed E-state index contributed by atoms with van der Waals surface area (Å²) in [7, 11) is 3.33. The SMILES string of the molecule is CCNC(=NCc1cccc(OC)n1)N1CCN(c2cccc(OC)c2)CC1.I. The van der Waals surface area contributed by atoms with Crippen LogP contribution in [0.4, 0.5) is 5.69 Å². The molecule has 0 saturated carbocycles. The smallest absolute Gasteiger partial charge is 0.213 e. The number of hydrogen-bond acceptors (Lipinski definition) is 5. The van der Waals surface area contributed by atoms with Gasteiger partial charge < -0.3 is 24.6 Å². The van der Waals surface area contributed by atoms with Gasteiger partial charge in [-0.1, -0.05) is 12.1 Å². The number of halogens is 1. The predicted octanol–water partition coefficient (Wildman–Crippen LogP) is 3.00. The molecule has 1 fully saturated rings. The first-order valence-corrected chi connectivity index (χ1v) is 9.65. The van der Waals surface area contributed by atoms with Crippen LogP contribution in [0, 0.1) is 0 Å². The zero-order valence-electron chi connectivity index (χ0n) is 17.3. The van der Waals surface area contributed by atoms with Crippen molar-refractivity contribution in [1.29, 1.82) is 0 Å². The molecule has 2 heterocycles. The highest BCUT2D eigenvalue weighted by atomic mass is 127. The Morgan fingerprint density at radius 3 is 2.52 bits per heavy atom. The maximum absolute atomic E-state index is 5.35. The first kappa shape index (κ1) is 23.1. The molecule has 1 aliphatic rings. The minimum atomic E-state index is 0. The molecule has 1 aromatic carbocycles. The number of pyridine rings is 1. The number of guanidine groups is 1. The van der Waals surface area contributed by atoms with Crippen LogP contribution in [-0.2, 0) is 6.54 Å². The Morgan fingerprint density at radius 1 is 1.07 bits per heavy atom. The fourth-order valence-electron chi connectivity index (χ4n) is 3.22. The van der Waals surface area contributed by atoms with Crippen LogP contribution in [0.3, 0.4) is 0 Å². The van der Waals surface area contributed by atoms with Crippen molar-refractivity contribution >= 4 is 35.6 Å². The number of piperazine rings is 1. The van der Waals surface area contributed by atoms with Gasteiger partial charge in [0.15, 0.2) is 5.96 Å². The normalized spacial score (nSPS) is 14.2. The standard InChI is InChI=1S/C21H29N5O2.HI/c1-4-22-21(23-16-17-7-5-10-20(24-17)28-3)26-13-11-25(12-14-26)18-8-6-9-19(15-18)27-2;/h5-10,15H,4,11-14,16H2,1-3H3,(H,22,23);1H. The van der Waals surface area contributed by atoms with E-state index < -0.39 is 0 Å². The van der Waals surface area contributed by atoms with Crippen molar-refractivity contribution in [2.75, 3.05) is 51.8 Å². The van der Waals surface area contributed by atoms with Gasteiger partial charge in [0.05, 0.1) is 26.5 Å². The second-order valence-electron chi connectivity index (χ2n) is 6.52. The van der Waals surface area contributed by atoms with Crippen LogP contribution < -0.4 is 19.7 Å². The number of methoxy groups -OCH3 is 2. The number of ether oxygens (including phenoxy) is 2. The fraction of sp³-hybridized carbons (Fsp3) is 0.429. The van der Waals surface area contributed by atoms with Crippen molar-refractivity contribution in [3.63, 3.8) is 0 Å². The van der Waals surface area contributed by atoms with Crippen molar-refractivity contribution < 1.29 is 9.47 Å². The van der Waals surface area contributed by atoms with Gasteiger partial charge in [0, 0.05) is 50.5 Å². The number of rotatable bonds is 6. The number of benzene rings is 1. The molecule has 0 aliphatic carbocycles. The monoisotopic (exact) mass is 511 g/mol. The van der Waals surface area contributed by atoms with Gasteiger partial charge in [-0.25, -0.2) is 9.98 Å².